The van der Waals surface area contributed by atoms with Gasteiger partial charge in [-0.1, -0.05) is 0 Å². The number of ether oxygens (including phenoxy) is 2. The molecule has 22 heteroatoms. The topological polar surface area (TPSA) is 354 Å². The lowest BCUT2D eigenvalue weighted by atomic mass is 9.96. The Bertz CT molecular complexity index is 1300. The number of carbonyl (C=O) groups is 8. The number of nitrogens with one attached hydrogen (secondary N) is 6. The summed E-state index contributed by atoms with van der Waals surface area (Å²) in [6.45, 7) is 5.72. The normalized spacial score (nSPS) is 23.1. The van der Waals surface area contributed by atoms with Crippen molar-refractivity contribution in [3.05, 3.63) is 0 Å². The van der Waals surface area contributed by atoms with Gasteiger partial charge in [0.25, 0.3) is 0 Å². The van der Waals surface area contributed by atoms with Gasteiger partial charge in [-0.25, -0.2) is 4.79 Å². The van der Waals surface area contributed by atoms with E-state index in [2.05, 4.69) is 31.9 Å². The van der Waals surface area contributed by atoms with E-state index in [-0.39, 0.29) is 6.42 Å². The van der Waals surface area contributed by atoms with Gasteiger partial charge in [0.05, 0.1) is 6.61 Å². The summed E-state index contributed by atoms with van der Waals surface area (Å²) in [6, 6.07) is -7.84. The Morgan fingerprint density at radius 2 is 1.30 bits per heavy atom. The summed E-state index contributed by atoms with van der Waals surface area (Å²) in [4.78, 5) is 98.4. The van der Waals surface area contributed by atoms with Gasteiger partial charge in [-0.15, -0.1) is 0 Å². The van der Waals surface area contributed by atoms with Crippen LogP contribution in [0.1, 0.15) is 66.7 Å². The van der Waals surface area contributed by atoms with Crippen molar-refractivity contribution in [3.8, 4) is 0 Å². The lowest BCUT2D eigenvalue weighted by Gasteiger charge is -2.43. The van der Waals surface area contributed by atoms with Crippen LogP contribution in [0, 0.1) is 0 Å². The van der Waals surface area contributed by atoms with Gasteiger partial charge in [0, 0.05) is 13.3 Å². The van der Waals surface area contributed by atoms with Crippen LogP contribution in [0.15, 0.2) is 0 Å². The van der Waals surface area contributed by atoms with E-state index >= 15 is 0 Å². The molecule has 22 nitrogen and oxygen atoms in total. The molecular formula is C31H53N7O15. The second-order valence-corrected chi connectivity index (χ2v) is 12.6. The molecule has 13 N–H and O–H groups in total. The van der Waals surface area contributed by atoms with Gasteiger partial charge >= 0.3 is 11.9 Å². The molecule has 0 aromatic rings. The molecule has 1 saturated heterocycles. The van der Waals surface area contributed by atoms with Gasteiger partial charge in [-0.05, 0) is 59.9 Å². The minimum absolute atomic E-state index is 0.108. The van der Waals surface area contributed by atoms with Gasteiger partial charge in [-0.2, -0.15) is 0 Å². The SMILES string of the molecule is CC(=O)N[C@H]1C(O)O[C@H](CO)[C@@H](O)[C@@H]1O[C@H](C)C(=O)N[C@@H](C)C(=O)N[C@H](CCC(=O)N[C@@H](CCCCN)C(=O)N[C@H](C)C(=O)N[C@H](C)C(=O)O)C(=O)O. The van der Waals surface area contributed by atoms with E-state index in [0.717, 1.165) is 6.92 Å². The number of rotatable bonds is 22. The number of carbonyl (C=O) groups excluding carboxylic acids is 6. The Hall–Kier alpha value is -4.48. The van der Waals surface area contributed by atoms with Crippen LogP contribution >= 0.6 is 0 Å². The average molecular weight is 764 g/mol. The molecular weight excluding hydrogens is 710 g/mol. The van der Waals surface area contributed by atoms with E-state index in [1.54, 1.807) is 0 Å². The number of aliphatic hydroxyl groups excluding tert-OH is 3. The van der Waals surface area contributed by atoms with E-state index in [4.69, 9.17) is 20.3 Å². The van der Waals surface area contributed by atoms with Gasteiger partial charge in [0.15, 0.2) is 6.29 Å². The summed E-state index contributed by atoms with van der Waals surface area (Å²) in [5.74, 6) is -7.58. The number of carboxylic acids is 2. The summed E-state index contributed by atoms with van der Waals surface area (Å²) in [6.07, 6.45) is -7.36. The number of hydrogen-bond donors (Lipinski definition) is 12. The maximum atomic E-state index is 12.9. The highest BCUT2D eigenvalue weighted by Gasteiger charge is 2.47. The van der Waals surface area contributed by atoms with Crippen LogP contribution in [0.3, 0.4) is 0 Å². The smallest absolute Gasteiger partial charge is 0.326 e. The Morgan fingerprint density at radius 3 is 1.83 bits per heavy atom. The third-order valence-corrected chi connectivity index (χ3v) is 8.08. The molecule has 1 fully saturated rings. The summed E-state index contributed by atoms with van der Waals surface area (Å²) in [7, 11) is 0. The third-order valence-electron chi connectivity index (χ3n) is 8.08. The number of nitrogens with two attached hydrogens (primary N) is 1. The predicted molar refractivity (Wildman–Crippen MR) is 180 cm³/mol. The van der Waals surface area contributed by atoms with Gasteiger partial charge in [-0.3, -0.25) is 33.6 Å². The van der Waals surface area contributed by atoms with Crippen LogP contribution in [0.2, 0.25) is 0 Å². The second kappa shape index (κ2) is 22.6. The van der Waals surface area contributed by atoms with E-state index in [1.165, 1.54) is 27.7 Å². The Labute approximate surface area is 305 Å². The molecule has 0 saturated carbocycles. The third kappa shape index (κ3) is 15.6. The first-order valence-electron chi connectivity index (χ1n) is 16.9. The molecule has 1 aliphatic heterocycles. The largest absolute Gasteiger partial charge is 0.480 e. The molecule has 1 rings (SSSR count). The molecule has 0 bridgehead atoms. The number of unbranched alkanes of at least 4 members (excludes halogenated alkanes) is 1. The number of amides is 6. The summed E-state index contributed by atoms with van der Waals surface area (Å²) < 4.78 is 10.7. The zero-order valence-electron chi connectivity index (χ0n) is 30.2. The molecule has 11 atom stereocenters. The van der Waals surface area contributed by atoms with Crippen LogP contribution in [0.25, 0.3) is 0 Å². The fourth-order valence-electron chi connectivity index (χ4n) is 4.97. The van der Waals surface area contributed by atoms with Crippen molar-refractivity contribution < 1.29 is 73.4 Å². The summed E-state index contributed by atoms with van der Waals surface area (Å²) >= 11 is 0. The van der Waals surface area contributed by atoms with E-state index in [0.29, 0.717) is 19.4 Å². The Balaban J connectivity index is 2.83. The summed E-state index contributed by atoms with van der Waals surface area (Å²) in [5.41, 5.74) is 5.52. The summed E-state index contributed by atoms with van der Waals surface area (Å²) in [5, 5.41) is 63.0. The molecule has 0 radical (unpaired) electrons. The fraction of sp³-hybridized carbons (Fsp3) is 0.742. The number of aliphatic carboxylic acids is 2. The highest BCUT2D eigenvalue weighted by molar-refractivity contribution is 5.94. The molecule has 0 aromatic heterocycles. The molecule has 0 aromatic carbocycles. The quantitative estimate of drug-likeness (QED) is 0.0459. The van der Waals surface area contributed by atoms with Crippen LogP contribution in [-0.4, -0.2) is 153 Å². The Morgan fingerprint density at radius 1 is 0.736 bits per heavy atom. The number of carboxylic acid groups (broad SMARTS) is 2. The number of hydrogen-bond acceptors (Lipinski definition) is 14. The molecule has 302 valence electrons. The molecule has 1 heterocycles. The first kappa shape index (κ1) is 46.5. The molecule has 53 heavy (non-hydrogen) atoms. The minimum atomic E-state index is -1.71. The van der Waals surface area contributed by atoms with Crippen molar-refractivity contribution in [1.82, 2.24) is 31.9 Å². The maximum absolute atomic E-state index is 12.9. The van der Waals surface area contributed by atoms with Crippen molar-refractivity contribution in [2.45, 2.75) is 134 Å². The highest BCUT2D eigenvalue weighted by Crippen LogP contribution is 2.24. The zero-order chi connectivity index (χ0) is 40.6. The molecule has 0 aliphatic carbocycles. The standard InChI is InChI=1S/C31H53N7O15/c1-13(25(43)35-15(3)29(47)48)34-28(46)18(8-6-7-11-32)37-21(41)10-9-19(30(49)50)38-26(44)14(2)33-27(45)16(4)52-24-22(36-17(5)40)31(51)53-20(12-39)23(24)42/h13-16,18-20,22-24,31,39,42,51H,6-12,32H2,1-5H3,(H,33,45)(H,34,46)(H,35,43)(H,36,40)(H,37,41)(H,38,44)(H,47,48)(H,49,50)/t13-,14+,15-,16-,18+,19-,20-,22-,23-,24-,31?/m1/s1. The highest BCUT2D eigenvalue weighted by atomic mass is 16.6. The first-order chi connectivity index (χ1) is 24.7. The fourth-order valence-corrected chi connectivity index (χ4v) is 4.97. The monoisotopic (exact) mass is 763 g/mol. The Kier molecular flexibility index (Phi) is 19.8. The predicted octanol–water partition coefficient (Wildman–Crippen LogP) is -5.10. The molecule has 0 spiro atoms. The van der Waals surface area contributed by atoms with Crippen LogP contribution in [0.4, 0.5) is 0 Å². The van der Waals surface area contributed by atoms with Gasteiger partial charge in [0.1, 0.15) is 60.7 Å². The van der Waals surface area contributed by atoms with E-state index in [1.807, 2.05) is 0 Å². The lowest BCUT2D eigenvalue weighted by Crippen LogP contribution is -2.65. The van der Waals surface area contributed by atoms with Crippen molar-refractivity contribution in [2.75, 3.05) is 13.2 Å². The van der Waals surface area contributed by atoms with E-state index < -0.39 is 134 Å². The van der Waals surface area contributed by atoms with Gasteiger partial charge in [0.2, 0.25) is 35.4 Å². The van der Waals surface area contributed by atoms with Crippen LogP contribution in [0.5, 0.6) is 0 Å². The van der Waals surface area contributed by atoms with E-state index in [9.17, 15) is 58.8 Å². The van der Waals surface area contributed by atoms with Crippen molar-refractivity contribution in [1.29, 1.82) is 0 Å². The van der Waals surface area contributed by atoms with Crippen LogP contribution < -0.4 is 37.6 Å². The molecule has 1 unspecified atom stereocenters. The minimum Gasteiger partial charge on any atom is -0.480 e. The number of aliphatic hydroxyl groups is 3. The van der Waals surface area contributed by atoms with Gasteiger partial charge < -0.3 is 72.6 Å². The second-order valence-electron chi connectivity index (χ2n) is 12.6. The van der Waals surface area contributed by atoms with Crippen LogP contribution in [-0.2, 0) is 47.8 Å². The lowest BCUT2D eigenvalue weighted by molar-refractivity contribution is -0.266. The molecule has 6 amide bonds. The van der Waals surface area contributed by atoms with Crippen molar-refractivity contribution in [3.63, 3.8) is 0 Å². The average Bonchev–Trinajstić information content (AvgIpc) is 3.08. The van der Waals surface area contributed by atoms with Crippen molar-refractivity contribution >= 4 is 47.4 Å². The first-order valence-corrected chi connectivity index (χ1v) is 16.9. The molecule has 1 aliphatic rings. The van der Waals surface area contributed by atoms with Crippen molar-refractivity contribution in [2.24, 2.45) is 5.73 Å². The zero-order valence-corrected chi connectivity index (χ0v) is 30.2. The maximum Gasteiger partial charge on any atom is 0.326 e.